The minimum absolute atomic E-state index is 0.0716. The molecule has 2 aromatic rings. The van der Waals surface area contributed by atoms with Gasteiger partial charge in [0, 0.05) is 6.04 Å². The van der Waals surface area contributed by atoms with Crippen molar-refractivity contribution in [1.82, 2.24) is 4.90 Å². The lowest BCUT2D eigenvalue weighted by molar-refractivity contribution is -0.124. The topological polar surface area (TPSA) is 41.9 Å². The van der Waals surface area contributed by atoms with Crippen LogP contribution in [0, 0.1) is 5.92 Å². The van der Waals surface area contributed by atoms with Crippen molar-refractivity contribution in [3.8, 4) is 5.75 Å². The second-order valence-corrected chi connectivity index (χ2v) is 8.86. The lowest BCUT2D eigenvalue weighted by Crippen LogP contribution is -2.44. The van der Waals surface area contributed by atoms with Crippen LogP contribution in [0.5, 0.6) is 5.75 Å². The van der Waals surface area contributed by atoms with Crippen LogP contribution in [0.3, 0.4) is 0 Å². The molecule has 0 unspecified atom stereocenters. The molecular weight excluding hydrogens is 392 g/mol. The SMILES string of the molecule is CCOc1ccc(/C=C2\SC(=Nc3ccccc3)N([C@H]3CCCC[C@H]3C)C2=O)cc1. The normalized spacial score (nSPS) is 24.6. The molecule has 1 aliphatic heterocycles. The Kier molecular flexibility index (Phi) is 6.58. The van der Waals surface area contributed by atoms with Gasteiger partial charge in [0.05, 0.1) is 17.2 Å². The molecule has 30 heavy (non-hydrogen) atoms. The number of hydrogen-bond acceptors (Lipinski definition) is 4. The first-order valence-corrected chi connectivity index (χ1v) is 11.6. The van der Waals surface area contributed by atoms with E-state index in [2.05, 4.69) is 6.92 Å². The number of hydrogen-bond donors (Lipinski definition) is 0. The molecule has 0 bridgehead atoms. The second kappa shape index (κ2) is 9.52. The maximum Gasteiger partial charge on any atom is 0.267 e. The molecular formula is C25H28N2O2S. The largest absolute Gasteiger partial charge is 0.494 e. The van der Waals surface area contributed by atoms with E-state index in [1.807, 2.05) is 72.5 Å². The van der Waals surface area contributed by atoms with Gasteiger partial charge in [-0.25, -0.2) is 4.99 Å². The minimum atomic E-state index is 0.0716. The third-order valence-corrected chi connectivity index (χ3v) is 6.69. The standard InChI is InChI=1S/C25H28N2O2S/c1-3-29-21-15-13-19(14-16-21)17-23-24(28)27(22-12-8-7-9-18(22)2)25(30-23)26-20-10-5-4-6-11-20/h4-6,10-11,13-18,22H,3,7-9,12H2,1-2H3/b23-17-,26-25?/t18-,22+/m1/s1. The quantitative estimate of drug-likeness (QED) is 0.536. The average molecular weight is 421 g/mol. The molecule has 2 aliphatic rings. The van der Waals surface area contributed by atoms with E-state index in [-0.39, 0.29) is 11.9 Å². The van der Waals surface area contributed by atoms with Gasteiger partial charge in [-0.3, -0.25) is 9.69 Å². The first-order valence-electron chi connectivity index (χ1n) is 10.8. The van der Waals surface area contributed by atoms with Crippen LogP contribution in [0.25, 0.3) is 6.08 Å². The van der Waals surface area contributed by atoms with Gasteiger partial charge in [0.2, 0.25) is 0 Å². The van der Waals surface area contributed by atoms with Gasteiger partial charge in [-0.1, -0.05) is 50.1 Å². The molecule has 1 saturated heterocycles. The number of thioether (sulfide) groups is 1. The van der Waals surface area contributed by atoms with Crippen LogP contribution in [-0.2, 0) is 4.79 Å². The maximum atomic E-state index is 13.5. The summed E-state index contributed by atoms with van der Waals surface area (Å²) in [5.74, 6) is 1.39. The van der Waals surface area contributed by atoms with Crippen LogP contribution in [0.15, 0.2) is 64.5 Å². The number of para-hydroxylation sites is 1. The third kappa shape index (κ3) is 4.62. The predicted molar refractivity (Wildman–Crippen MR) is 125 cm³/mol. The lowest BCUT2D eigenvalue weighted by atomic mass is 9.85. The Labute approximate surface area is 183 Å². The van der Waals surface area contributed by atoms with E-state index in [9.17, 15) is 4.79 Å². The number of benzene rings is 2. The monoisotopic (exact) mass is 420 g/mol. The molecule has 2 fully saturated rings. The summed E-state index contributed by atoms with van der Waals surface area (Å²) in [7, 11) is 0. The molecule has 2 atom stereocenters. The zero-order valence-corrected chi connectivity index (χ0v) is 18.4. The first kappa shape index (κ1) is 20.7. The van der Waals surface area contributed by atoms with Crippen LogP contribution in [-0.4, -0.2) is 28.6 Å². The Hall–Kier alpha value is -2.53. The molecule has 0 aromatic heterocycles. The van der Waals surface area contributed by atoms with E-state index in [1.54, 1.807) is 0 Å². The molecule has 0 radical (unpaired) electrons. The van der Waals surface area contributed by atoms with Crippen molar-refractivity contribution >= 4 is 34.6 Å². The zero-order chi connectivity index (χ0) is 20.9. The smallest absolute Gasteiger partial charge is 0.267 e. The fraction of sp³-hybridized carbons (Fsp3) is 0.360. The van der Waals surface area contributed by atoms with Crippen LogP contribution in [0.4, 0.5) is 5.69 Å². The maximum absolute atomic E-state index is 13.5. The van der Waals surface area contributed by atoms with Crippen molar-refractivity contribution in [3.05, 3.63) is 65.1 Å². The van der Waals surface area contributed by atoms with Crippen molar-refractivity contribution in [2.24, 2.45) is 10.9 Å². The highest BCUT2D eigenvalue weighted by atomic mass is 32.2. The number of aliphatic imine (C=N–C) groups is 1. The van der Waals surface area contributed by atoms with Crippen molar-refractivity contribution < 1.29 is 9.53 Å². The Morgan fingerprint density at radius 3 is 2.53 bits per heavy atom. The Morgan fingerprint density at radius 1 is 1.10 bits per heavy atom. The molecule has 0 spiro atoms. The molecule has 1 heterocycles. The van der Waals surface area contributed by atoms with Crippen LogP contribution >= 0.6 is 11.8 Å². The van der Waals surface area contributed by atoms with Gasteiger partial charge in [0.15, 0.2) is 5.17 Å². The van der Waals surface area contributed by atoms with E-state index in [0.717, 1.165) is 39.9 Å². The summed E-state index contributed by atoms with van der Waals surface area (Å²) in [5, 5.41) is 0.794. The Morgan fingerprint density at radius 2 is 1.83 bits per heavy atom. The number of amidine groups is 1. The second-order valence-electron chi connectivity index (χ2n) is 7.85. The molecule has 4 nitrogen and oxygen atoms in total. The summed E-state index contributed by atoms with van der Waals surface area (Å²) in [6, 6.07) is 18.0. The molecule has 5 heteroatoms. The van der Waals surface area contributed by atoms with Crippen molar-refractivity contribution in [2.75, 3.05) is 6.61 Å². The van der Waals surface area contributed by atoms with Crippen molar-refractivity contribution in [3.63, 3.8) is 0 Å². The van der Waals surface area contributed by atoms with E-state index in [1.165, 1.54) is 24.6 Å². The number of nitrogens with zero attached hydrogens (tertiary/aromatic N) is 2. The third-order valence-electron chi connectivity index (χ3n) is 5.70. The summed E-state index contributed by atoms with van der Waals surface area (Å²) in [6.07, 6.45) is 6.58. The van der Waals surface area contributed by atoms with Gasteiger partial charge in [0.25, 0.3) is 5.91 Å². The van der Waals surface area contributed by atoms with Gasteiger partial charge in [-0.15, -0.1) is 0 Å². The predicted octanol–water partition coefficient (Wildman–Crippen LogP) is 6.27. The molecule has 4 rings (SSSR count). The number of carbonyl (C=O) groups excluding carboxylic acids is 1. The lowest BCUT2D eigenvalue weighted by Gasteiger charge is -2.35. The minimum Gasteiger partial charge on any atom is -0.494 e. The van der Waals surface area contributed by atoms with E-state index in [0.29, 0.717) is 12.5 Å². The van der Waals surface area contributed by atoms with Gasteiger partial charge < -0.3 is 4.74 Å². The van der Waals surface area contributed by atoms with Crippen molar-refractivity contribution in [1.29, 1.82) is 0 Å². The Bertz CT molecular complexity index is 937. The van der Waals surface area contributed by atoms with Gasteiger partial charge in [-0.05, 0) is 73.4 Å². The molecule has 156 valence electrons. The molecule has 1 saturated carbocycles. The highest BCUT2D eigenvalue weighted by molar-refractivity contribution is 8.18. The van der Waals surface area contributed by atoms with E-state index < -0.39 is 0 Å². The zero-order valence-electron chi connectivity index (χ0n) is 17.6. The van der Waals surface area contributed by atoms with Crippen LogP contribution in [0.1, 0.15) is 45.1 Å². The number of amides is 1. The van der Waals surface area contributed by atoms with Gasteiger partial charge >= 0.3 is 0 Å². The van der Waals surface area contributed by atoms with E-state index >= 15 is 0 Å². The Balaban J connectivity index is 1.66. The number of rotatable bonds is 5. The first-order chi connectivity index (χ1) is 14.7. The molecule has 2 aromatic carbocycles. The van der Waals surface area contributed by atoms with Crippen LogP contribution in [0.2, 0.25) is 0 Å². The average Bonchev–Trinajstić information content (AvgIpc) is 3.05. The highest BCUT2D eigenvalue weighted by Crippen LogP contribution is 2.40. The summed E-state index contributed by atoms with van der Waals surface area (Å²) in [6.45, 7) is 4.87. The summed E-state index contributed by atoms with van der Waals surface area (Å²) in [5.41, 5.74) is 1.87. The summed E-state index contributed by atoms with van der Waals surface area (Å²) < 4.78 is 5.52. The van der Waals surface area contributed by atoms with E-state index in [4.69, 9.17) is 9.73 Å². The number of carbonyl (C=O) groups is 1. The highest BCUT2D eigenvalue weighted by Gasteiger charge is 2.41. The van der Waals surface area contributed by atoms with Crippen LogP contribution < -0.4 is 4.74 Å². The van der Waals surface area contributed by atoms with Gasteiger partial charge in [-0.2, -0.15) is 0 Å². The number of ether oxygens (including phenoxy) is 1. The fourth-order valence-electron chi connectivity index (χ4n) is 4.13. The molecule has 0 N–H and O–H groups in total. The van der Waals surface area contributed by atoms with Gasteiger partial charge in [0.1, 0.15) is 5.75 Å². The molecule has 1 aliphatic carbocycles. The summed E-state index contributed by atoms with van der Waals surface area (Å²) in [4.78, 5) is 21.0. The van der Waals surface area contributed by atoms with Crippen molar-refractivity contribution in [2.45, 2.75) is 45.6 Å². The fourth-order valence-corrected chi connectivity index (χ4v) is 5.17. The molecule has 1 amide bonds. The summed E-state index contributed by atoms with van der Waals surface area (Å²) >= 11 is 1.48.